The third kappa shape index (κ3) is 3.11. The van der Waals surface area contributed by atoms with Crippen molar-refractivity contribution in [2.75, 3.05) is 18.8 Å². The van der Waals surface area contributed by atoms with Crippen LogP contribution in [0.2, 0.25) is 0 Å². The number of hydrogen-bond acceptors (Lipinski definition) is 1. The molecule has 3 heteroatoms. The molecule has 1 heterocycles. The van der Waals surface area contributed by atoms with E-state index in [2.05, 4.69) is 97.2 Å². The van der Waals surface area contributed by atoms with Crippen LogP contribution in [0.3, 0.4) is 0 Å². The average Bonchev–Trinajstić information content (AvgIpc) is 2.96. The topological polar surface area (TPSA) is 12.9 Å². The molecule has 0 aliphatic heterocycles. The Labute approximate surface area is 179 Å². The van der Waals surface area contributed by atoms with Crippen molar-refractivity contribution in [1.29, 1.82) is 0 Å². The van der Waals surface area contributed by atoms with Gasteiger partial charge in [-0.15, -0.1) is 0 Å². The molecule has 2 aliphatic rings. The molecular formula is C25H30BrNS. The first-order valence-corrected chi connectivity index (χ1v) is 13.8. The van der Waals surface area contributed by atoms with Crippen molar-refractivity contribution in [2.45, 2.75) is 49.5 Å². The molecule has 0 radical (unpaired) electrons. The quantitative estimate of drug-likeness (QED) is 0.462. The largest absolute Gasteiger partial charge is 0.251 e. The second-order valence-corrected chi connectivity index (χ2v) is 13.8. The van der Waals surface area contributed by atoms with Gasteiger partial charge in [-0.3, -0.25) is 4.98 Å². The van der Waals surface area contributed by atoms with Crippen molar-refractivity contribution in [1.82, 2.24) is 4.98 Å². The number of pyridine rings is 1. The van der Waals surface area contributed by atoms with E-state index in [-0.39, 0.29) is 5.41 Å². The molecule has 0 bridgehead atoms. The zero-order chi connectivity index (χ0) is 20.1. The lowest BCUT2D eigenvalue weighted by Crippen LogP contribution is -2.24. The Kier molecular flexibility index (Phi) is 5.12. The van der Waals surface area contributed by atoms with Crippen LogP contribution in [0.15, 0.2) is 63.8 Å². The smallest absolute Gasteiger partial charge is 0.0783 e. The number of hydrogen-bond donors (Lipinski definition) is 0. The fraction of sp³-hybridized carbons (Fsp3) is 0.400. The number of nitrogens with zero attached hydrogens (tertiary/aromatic N) is 1. The van der Waals surface area contributed by atoms with E-state index in [9.17, 15) is 0 Å². The van der Waals surface area contributed by atoms with Gasteiger partial charge in [0.15, 0.2) is 0 Å². The Bertz CT molecular complexity index is 959. The third-order valence-electron chi connectivity index (χ3n) is 6.62. The minimum atomic E-state index is -0.786. The molecule has 1 aromatic heterocycles. The zero-order valence-corrected chi connectivity index (χ0v) is 20.0. The van der Waals surface area contributed by atoms with Gasteiger partial charge >= 0.3 is 0 Å². The summed E-state index contributed by atoms with van der Waals surface area (Å²) in [6, 6.07) is 11.6. The standard InChI is InChI=1S/C25H30BrNS/c1-6-25(7-2)22-14-17(18-9-13-24(27-16-18)28(3,4)5)8-11-20(22)21-12-10-19(26)15-23(21)25/h8-11,13-16,21H,6-7,12H2,1-5H3. The number of rotatable bonds is 4. The van der Waals surface area contributed by atoms with E-state index < -0.39 is 10.0 Å². The molecule has 2 aliphatic carbocycles. The first kappa shape index (κ1) is 20.0. The summed E-state index contributed by atoms with van der Waals surface area (Å²) in [6.07, 6.45) is 17.1. The van der Waals surface area contributed by atoms with Gasteiger partial charge in [0.2, 0.25) is 0 Å². The number of aromatic nitrogens is 1. The predicted molar refractivity (Wildman–Crippen MR) is 128 cm³/mol. The van der Waals surface area contributed by atoms with Crippen molar-refractivity contribution >= 4 is 26.0 Å². The monoisotopic (exact) mass is 455 g/mol. The molecule has 0 amide bonds. The van der Waals surface area contributed by atoms with Gasteiger partial charge in [0, 0.05) is 27.6 Å². The summed E-state index contributed by atoms with van der Waals surface area (Å²) >= 11 is 3.73. The molecule has 0 saturated carbocycles. The van der Waals surface area contributed by atoms with Crippen LogP contribution >= 0.6 is 26.0 Å². The van der Waals surface area contributed by atoms with Crippen LogP contribution < -0.4 is 0 Å². The number of allylic oxidation sites excluding steroid dienone is 4. The van der Waals surface area contributed by atoms with Gasteiger partial charge < -0.3 is 0 Å². The van der Waals surface area contributed by atoms with Crippen LogP contribution in [0.5, 0.6) is 0 Å². The van der Waals surface area contributed by atoms with Crippen LogP contribution in [-0.4, -0.2) is 23.8 Å². The molecule has 0 N–H and O–H groups in total. The summed E-state index contributed by atoms with van der Waals surface area (Å²) in [5.74, 6) is 0.537. The van der Waals surface area contributed by atoms with Crippen molar-refractivity contribution in [3.63, 3.8) is 0 Å². The van der Waals surface area contributed by atoms with Gasteiger partial charge in [0.25, 0.3) is 0 Å². The normalized spacial score (nSPS) is 20.9. The lowest BCUT2D eigenvalue weighted by Gasteiger charge is -2.32. The number of fused-ring (bicyclic) bond motifs is 3. The minimum Gasteiger partial charge on any atom is -0.251 e. The van der Waals surface area contributed by atoms with Crippen molar-refractivity contribution in [3.05, 3.63) is 69.9 Å². The summed E-state index contributed by atoms with van der Waals surface area (Å²) in [4.78, 5) is 4.79. The molecule has 0 fully saturated rings. The summed E-state index contributed by atoms with van der Waals surface area (Å²) in [5, 5.41) is 1.22. The minimum absolute atomic E-state index is 0.159. The molecule has 1 atom stereocenters. The highest BCUT2D eigenvalue weighted by atomic mass is 79.9. The van der Waals surface area contributed by atoms with E-state index in [1.54, 1.807) is 5.57 Å². The Morgan fingerprint density at radius 3 is 2.39 bits per heavy atom. The summed E-state index contributed by atoms with van der Waals surface area (Å²) in [6.45, 7) is 4.69. The Balaban J connectivity index is 1.81. The van der Waals surface area contributed by atoms with Crippen LogP contribution in [0.1, 0.15) is 50.2 Å². The van der Waals surface area contributed by atoms with E-state index in [0.717, 1.165) is 19.3 Å². The van der Waals surface area contributed by atoms with Gasteiger partial charge in [0.1, 0.15) is 0 Å². The molecular weight excluding hydrogens is 426 g/mol. The van der Waals surface area contributed by atoms with E-state index in [0.29, 0.717) is 5.92 Å². The van der Waals surface area contributed by atoms with Crippen LogP contribution in [0.25, 0.3) is 11.1 Å². The SMILES string of the molecule is CCC1(CC)C2=CC(Br)=CCC2c2ccc(-c3ccc(S(C)(C)C)nc3)cc21. The molecule has 148 valence electrons. The molecule has 1 unspecified atom stereocenters. The Morgan fingerprint density at radius 2 is 1.79 bits per heavy atom. The van der Waals surface area contributed by atoms with E-state index in [4.69, 9.17) is 4.98 Å². The predicted octanol–water partition coefficient (Wildman–Crippen LogP) is 7.57. The van der Waals surface area contributed by atoms with Crippen molar-refractivity contribution in [3.8, 4) is 11.1 Å². The molecule has 1 aromatic carbocycles. The highest BCUT2D eigenvalue weighted by molar-refractivity contribution is 9.11. The maximum atomic E-state index is 4.79. The Hall–Kier alpha value is -1.32. The van der Waals surface area contributed by atoms with Gasteiger partial charge in [-0.2, -0.15) is 0 Å². The van der Waals surface area contributed by atoms with Gasteiger partial charge in [-0.05, 0) is 72.9 Å². The van der Waals surface area contributed by atoms with Gasteiger partial charge in [0.05, 0.1) is 5.03 Å². The first-order valence-electron chi connectivity index (χ1n) is 10.2. The lowest BCUT2D eigenvalue weighted by atomic mass is 9.71. The summed E-state index contributed by atoms with van der Waals surface area (Å²) in [7, 11) is -0.786. The maximum absolute atomic E-state index is 4.79. The molecule has 2 aromatic rings. The fourth-order valence-electron chi connectivity index (χ4n) is 4.99. The van der Waals surface area contributed by atoms with Gasteiger partial charge in [-0.1, -0.05) is 59.6 Å². The molecule has 4 rings (SSSR count). The van der Waals surface area contributed by atoms with Crippen LogP contribution in [0.4, 0.5) is 0 Å². The maximum Gasteiger partial charge on any atom is 0.0783 e. The van der Waals surface area contributed by atoms with E-state index in [1.165, 1.54) is 31.8 Å². The Morgan fingerprint density at radius 1 is 1.07 bits per heavy atom. The lowest BCUT2D eigenvalue weighted by molar-refractivity contribution is 0.468. The average molecular weight is 456 g/mol. The molecule has 0 saturated heterocycles. The van der Waals surface area contributed by atoms with Crippen LogP contribution in [-0.2, 0) is 5.41 Å². The second kappa shape index (κ2) is 7.18. The number of halogens is 1. The highest BCUT2D eigenvalue weighted by Crippen LogP contribution is 2.57. The number of benzene rings is 1. The summed E-state index contributed by atoms with van der Waals surface area (Å²) in [5.41, 5.74) is 7.33. The van der Waals surface area contributed by atoms with Crippen LogP contribution in [0, 0.1) is 0 Å². The second-order valence-electron chi connectivity index (χ2n) is 8.79. The molecule has 28 heavy (non-hydrogen) atoms. The zero-order valence-electron chi connectivity index (χ0n) is 17.6. The molecule has 1 nitrogen and oxygen atoms in total. The summed E-state index contributed by atoms with van der Waals surface area (Å²) < 4.78 is 1.24. The third-order valence-corrected chi connectivity index (χ3v) is 8.67. The van der Waals surface area contributed by atoms with E-state index in [1.807, 2.05) is 0 Å². The van der Waals surface area contributed by atoms with Crippen molar-refractivity contribution < 1.29 is 0 Å². The van der Waals surface area contributed by atoms with Crippen molar-refractivity contribution in [2.24, 2.45) is 0 Å². The van der Waals surface area contributed by atoms with Gasteiger partial charge in [-0.25, -0.2) is 10.0 Å². The molecule has 0 spiro atoms. The van der Waals surface area contributed by atoms with E-state index >= 15 is 0 Å². The first-order chi connectivity index (χ1) is 13.3. The fourth-order valence-corrected chi connectivity index (χ4v) is 6.27. The highest BCUT2D eigenvalue weighted by Gasteiger charge is 2.46.